The van der Waals surface area contributed by atoms with Crippen molar-refractivity contribution in [1.29, 1.82) is 0 Å². The van der Waals surface area contributed by atoms with Crippen LogP contribution in [0.2, 0.25) is 0 Å². The van der Waals surface area contributed by atoms with Gasteiger partial charge in [-0.2, -0.15) is 0 Å². The molecule has 0 radical (unpaired) electrons. The molecule has 0 heterocycles. The Kier molecular flexibility index (Phi) is 34.2. The number of rotatable bonds is 40. The van der Waals surface area contributed by atoms with E-state index >= 15 is 0 Å². The van der Waals surface area contributed by atoms with Crippen LogP contribution in [0.1, 0.15) is 149 Å². The zero-order valence-electron chi connectivity index (χ0n) is 34.8. The van der Waals surface area contributed by atoms with Crippen molar-refractivity contribution in [3.05, 3.63) is 0 Å². The summed E-state index contributed by atoms with van der Waals surface area (Å²) in [4.78, 5) is 70.3. The molecule has 3 amide bonds. The highest BCUT2D eigenvalue weighted by Gasteiger charge is 2.21. The molecule has 0 fully saturated rings. The Hall–Kier alpha value is -3.14. The molecule has 0 aliphatic carbocycles. The van der Waals surface area contributed by atoms with Gasteiger partial charge in [-0.25, -0.2) is 4.79 Å². The average molecular weight is 802 g/mol. The lowest BCUT2D eigenvalue weighted by Gasteiger charge is -2.18. The maximum absolute atomic E-state index is 12.3. The Labute approximate surface area is 335 Å². The minimum Gasteiger partial charge on any atom is -0.481 e. The van der Waals surface area contributed by atoms with Crippen molar-refractivity contribution in [3.63, 3.8) is 0 Å². The molecule has 56 heavy (non-hydrogen) atoms. The van der Waals surface area contributed by atoms with Crippen molar-refractivity contribution in [2.75, 3.05) is 65.9 Å². The maximum Gasteiger partial charge on any atom is 0.326 e. The van der Waals surface area contributed by atoms with Crippen molar-refractivity contribution < 1.29 is 57.9 Å². The molecular weight excluding hydrogens is 726 g/mol. The number of carbonyl (C=O) groups excluding carboxylic acids is 4. The van der Waals surface area contributed by atoms with Gasteiger partial charge in [-0.15, -0.1) is 0 Å². The molecule has 1 atom stereocenters. The second-order valence-electron chi connectivity index (χ2n) is 15.5. The summed E-state index contributed by atoms with van der Waals surface area (Å²) in [6.07, 6.45) is 16.5. The Morgan fingerprint density at radius 3 is 1.46 bits per heavy atom. The van der Waals surface area contributed by atoms with Crippen LogP contribution in [0, 0.1) is 5.41 Å². The molecule has 15 nitrogen and oxygen atoms in total. The highest BCUT2D eigenvalue weighted by atomic mass is 16.5. The van der Waals surface area contributed by atoms with Gasteiger partial charge in [0.25, 0.3) is 0 Å². The predicted molar refractivity (Wildman–Crippen MR) is 213 cm³/mol. The molecule has 0 spiro atoms. The zero-order chi connectivity index (χ0) is 41.7. The van der Waals surface area contributed by atoms with E-state index < -0.39 is 18.0 Å². The van der Waals surface area contributed by atoms with Crippen LogP contribution in [0.5, 0.6) is 0 Å². The number of unbranched alkanes of at least 4 members (excludes halogenated alkanes) is 13. The van der Waals surface area contributed by atoms with Gasteiger partial charge in [-0.1, -0.05) is 97.8 Å². The lowest BCUT2D eigenvalue weighted by Crippen LogP contribution is -2.41. The number of Topliss-reactive ketones (excluding diaryl/α,β-unsaturated/α-hetero) is 1. The topological polar surface area (TPSA) is 216 Å². The normalized spacial score (nSPS) is 11.9. The highest BCUT2D eigenvalue weighted by Crippen LogP contribution is 2.14. The molecular formula is C41H75N3O12. The summed E-state index contributed by atoms with van der Waals surface area (Å²) >= 11 is 0. The lowest BCUT2D eigenvalue weighted by atomic mass is 9.97. The van der Waals surface area contributed by atoms with Crippen molar-refractivity contribution in [2.45, 2.75) is 155 Å². The molecule has 0 rings (SSSR count). The monoisotopic (exact) mass is 802 g/mol. The molecule has 5 N–H and O–H groups in total. The van der Waals surface area contributed by atoms with E-state index in [0.29, 0.717) is 45.8 Å². The Balaban J connectivity index is 3.66. The number of carbonyl (C=O) groups is 6. The van der Waals surface area contributed by atoms with Gasteiger partial charge in [-0.05, 0) is 31.1 Å². The summed E-state index contributed by atoms with van der Waals surface area (Å²) in [6.45, 7) is 8.48. The minimum absolute atomic E-state index is 0.00750. The number of hydrogen-bond donors (Lipinski definition) is 5. The number of nitrogens with one attached hydrogen (secondary N) is 3. The number of ether oxygens (including phenoxy) is 4. The van der Waals surface area contributed by atoms with Crippen LogP contribution in [0.4, 0.5) is 0 Å². The number of carboxylic acid groups (broad SMARTS) is 2. The van der Waals surface area contributed by atoms with Gasteiger partial charge in [0.05, 0.1) is 33.0 Å². The first-order valence-electron chi connectivity index (χ1n) is 20.9. The van der Waals surface area contributed by atoms with E-state index in [4.69, 9.17) is 24.1 Å². The molecule has 0 aromatic heterocycles. The third kappa shape index (κ3) is 39.1. The third-order valence-corrected chi connectivity index (χ3v) is 8.73. The number of aliphatic carboxylic acids is 2. The molecule has 0 aromatic rings. The Bertz CT molecular complexity index is 1070. The molecule has 0 saturated heterocycles. The van der Waals surface area contributed by atoms with Crippen molar-refractivity contribution in [3.8, 4) is 0 Å². The largest absolute Gasteiger partial charge is 0.481 e. The van der Waals surface area contributed by atoms with Crippen molar-refractivity contribution >= 4 is 35.4 Å². The van der Waals surface area contributed by atoms with E-state index in [1.807, 2.05) is 20.8 Å². The second-order valence-corrected chi connectivity index (χ2v) is 15.5. The molecule has 0 aliphatic heterocycles. The summed E-state index contributed by atoms with van der Waals surface area (Å²) in [5.41, 5.74) is 0.00750. The molecule has 0 aliphatic rings. The number of ketones is 1. The Morgan fingerprint density at radius 2 is 0.964 bits per heavy atom. The van der Waals surface area contributed by atoms with Gasteiger partial charge in [0.1, 0.15) is 25.0 Å². The average Bonchev–Trinajstić information content (AvgIpc) is 3.13. The van der Waals surface area contributed by atoms with Crippen LogP contribution >= 0.6 is 0 Å². The molecule has 15 heteroatoms. The van der Waals surface area contributed by atoms with E-state index in [-0.39, 0.29) is 94.1 Å². The summed E-state index contributed by atoms with van der Waals surface area (Å²) in [5, 5.41) is 26.2. The maximum atomic E-state index is 12.3. The lowest BCUT2D eigenvalue weighted by molar-refractivity contribution is -0.142. The first-order valence-corrected chi connectivity index (χ1v) is 20.9. The molecule has 0 unspecified atom stereocenters. The first kappa shape index (κ1) is 52.9. The van der Waals surface area contributed by atoms with E-state index in [2.05, 4.69) is 16.0 Å². The van der Waals surface area contributed by atoms with Crippen LogP contribution in [0.3, 0.4) is 0 Å². The van der Waals surface area contributed by atoms with Gasteiger partial charge >= 0.3 is 11.9 Å². The van der Waals surface area contributed by atoms with E-state index in [1.165, 1.54) is 44.9 Å². The number of carboxylic acids is 2. The quantitative estimate of drug-likeness (QED) is 0.0496. The van der Waals surface area contributed by atoms with Crippen LogP contribution in [-0.4, -0.2) is 118 Å². The first-order chi connectivity index (χ1) is 26.8. The number of hydrogen-bond acceptors (Lipinski definition) is 10. The van der Waals surface area contributed by atoms with Gasteiger partial charge < -0.3 is 45.1 Å². The van der Waals surface area contributed by atoms with Crippen LogP contribution < -0.4 is 16.0 Å². The summed E-state index contributed by atoms with van der Waals surface area (Å²) < 4.78 is 21.4. The Morgan fingerprint density at radius 1 is 0.500 bits per heavy atom. The SMILES string of the molecule is CC(C)(C)CNC(=O)COCCOCCNC(=O)COCCOCCCC(=O)CC[C@H](NC(=O)CCCCCCCCCCCCCCCCC(=O)O)C(=O)O. The van der Waals surface area contributed by atoms with Gasteiger partial charge in [-0.3, -0.25) is 24.0 Å². The fraction of sp³-hybridized carbons (Fsp3) is 0.854. The zero-order valence-corrected chi connectivity index (χ0v) is 34.8. The fourth-order valence-electron chi connectivity index (χ4n) is 5.51. The molecule has 0 aromatic carbocycles. The number of amides is 3. The van der Waals surface area contributed by atoms with Gasteiger partial charge in [0, 0.05) is 45.4 Å². The van der Waals surface area contributed by atoms with Gasteiger partial charge in [0.15, 0.2) is 0 Å². The fourth-order valence-corrected chi connectivity index (χ4v) is 5.51. The van der Waals surface area contributed by atoms with Crippen LogP contribution in [0.25, 0.3) is 0 Å². The molecule has 0 saturated carbocycles. The highest BCUT2D eigenvalue weighted by molar-refractivity contribution is 5.84. The van der Waals surface area contributed by atoms with E-state index in [9.17, 15) is 33.9 Å². The van der Waals surface area contributed by atoms with Crippen molar-refractivity contribution in [2.24, 2.45) is 5.41 Å². The third-order valence-electron chi connectivity index (χ3n) is 8.73. The van der Waals surface area contributed by atoms with E-state index in [1.54, 1.807) is 0 Å². The van der Waals surface area contributed by atoms with Gasteiger partial charge in [0.2, 0.25) is 17.7 Å². The van der Waals surface area contributed by atoms with E-state index in [0.717, 1.165) is 38.5 Å². The standard InChI is InChI=1S/C41H75N3O12/c1-41(2,3)33-43-38(48)32-56-30-28-54-26-24-42-37(47)31-55-29-27-53-25-18-19-34(45)22-23-35(40(51)52)44-36(46)20-16-14-12-10-8-6-4-5-7-9-11-13-15-17-21-39(49)50/h35H,4-33H2,1-3H3,(H,42,47)(H,43,48)(H,44,46)(H,49,50)(H,51,52)/t35-/m0/s1. The second kappa shape index (κ2) is 36.2. The molecule has 326 valence electrons. The van der Waals surface area contributed by atoms with Crippen LogP contribution in [0.15, 0.2) is 0 Å². The predicted octanol–water partition coefficient (Wildman–Crippen LogP) is 5.36. The van der Waals surface area contributed by atoms with Crippen molar-refractivity contribution in [1.82, 2.24) is 16.0 Å². The summed E-state index contributed by atoms with van der Waals surface area (Å²) in [7, 11) is 0. The van der Waals surface area contributed by atoms with Crippen LogP contribution in [-0.2, 0) is 47.7 Å². The summed E-state index contributed by atoms with van der Waals surface area (Å²) in [6, 6.07) is -1.09. The smallest absolute Gasteiger partial charge is 0.326 e. The molecule has 0 bridgehead atoms. The minimum atomic E-state index is -1.15. The summed E-state index contributed by atoms with van der Waals surface area (Å²) in [5.74, 6) is -2.72.